The summed E-state index contributed by atoms with van der Waals surface area (Å²) in [6.45, 7) is 6.18. The summed E-state index contributed by atoms with van der Waals surface area (Å²) in [5, 5.41) is 20.2. The number of hydrogen-bond acceptors (Lipinski definition) is 10. The molecule has 6 amide bonds. The molecular formula is C41H65N8O11P. The smallest absolute Gasteiger partial charge is 0.394 e. The van der Waals surface area contributed by atoms with E-state index in [-0.39, 0.29) is 24.7 Å². The number of phosphoric acid groups is 1. The van der Waals surface area contributed by atoms with Crippen LogP contribution in [0.2, 0.25) is 0 Å². The highest BCUT2D eigenvalue weighted by molar-refractivity contribution is 7.46. The molecule has 1 aromatic carbocycles. The summed E-state index contributed by atoms with van der Waals surface area (Å²) in [5.74, 6) is -4.81. The largest absolute Gasteiger partial charge is 0.469 e. The van der Waals surface area contributed by atoms with E-state index in [1.54, 1.807) is 12.5 Å². The number of carbonyl (C=O) groups is 6. The third kappa shape index (κ3) is 17.7. The lowest BCUT2D eigenvalue weighted by Crippen LogP contribution is -2.61. The van der Waals surface area contributed by atoms with E-state index in [4.69, 9.17) is 5.73 Å². The third-order valence-corrected chi connectivity index (χ3v) is 11.2. The summed E-state index contributed by atoms with van der Waals surface area (Å²) >= 11 is 0. The number of nitrogens with one attached hydrogen (secondary N) is 4. The van der Waals surface area contributed by atoms with Crippen molar-refractivity contribution in [2.45, 2.75) is 148 Å². The topological polar surface area (TPSA) is 285 Å². The van der Waals surface area contributed by atoms with E-state index < -0.39 is 80.3 Å². The van der Waals surface area contributed by atoms with Crippen LogP contribution in [0.3, 0.4) is 0 Å². The molecule has 9 N–H and O–H groups in total. The first-order chi connectivity index (χ1) is 28.9. The number of imidazole rings is 1. The minimum absolute atomic E-state index is 0.0795. The zero-order chi connectivity index (χ0) is 45.1. The van der Waals surface area contributed by atoms with E-state index in [9.17, 15) is 48.2 Å². The lowest BCUT2D eigenvalue weighted by atomic mass is 10.0. The Hall–Kier alpha value is -4.68. The molecule has 20 heteroatoms. The van der Waals surface area contributed by atoms with Crippen molar-refractivity contribution in [3.8, 4) is 0 Å². The average molecular weight is 877 g/mol. The number of primary amides is 1. The minimum atomic E-state index is -5.11. The highest BCUT2D eigenvalue weighted by atomic mass is 31.2. The van der Waals surface area contributed by atoms with Crippen LogP contribution in [-0.2, 0) is 57.2 Å². The normalized spacial score (nSPS) is 16.6. The Kier molecular flexibility index (Phi) is 21.0. The third-order valence-electron chi connectivity index (χ3n) is 10.5. The molecule has 1 aliphatic heterocycles. The zero-order valence-electron chi connectivity index (χ0n) is 35.7. The summed E-state index contributed by atoms with van der Waals surface area (Å²) in [6.07, 6.45) is 11.2. The van der Waals surface area contributed by atoms with Gasteiger partial charge in [-0.2, -0.15) is 0 Å². The van der Waals surface area contributed by atoms with Gasteiger partial charge < -0.3 is 51.4 Å². The lowest BCUT2D eigenvalue weighted by Gasteiger charge is -2.28. The van der Waals surface area contributed by atoms with Crippen LogP contribution >= 0.6 is 7.82 Å². The van der Waals surface area contributed by atoms with Crippen molar-refractivity contribution in [2.24, 2.45) is 11.7 Å². The van der Waals surface area contributed by atoms with E-state index >= 15 is 0 Å². The van der Waals surface area contributed by atoms with Crippen molar-refractivity contribution in [3.05, 3.63) is 54.1 Å². The number of benzene rings is 1. The van der Waals surface area contributed by atoms with Gasteiger partial charge in [-0.15, -0.1) is 0 Å². The van der Waals surface area contributed by atoms with E-state index in [1.165, 1.54) is 17.4 Å². The number of hydrogen-bond donors (Lipinski definition) is 8. The quantitative estimate of drug-likeness (QED) is 0.0467. The zero-order valence-corrected chi connectivity index (χ0v) is 36.6. The predicted molar refractivity (Wildman–Crippen MR) is 225 cm³/mol. The van der Waals surface area contributed by atoms with Crippen LogP contribution in [0.4, 0.5) is 0 Å². The standard InChI is InChI=1S/C41H65N8O11P/c1-27(2)22-32(45-41(56)35-19-15-21-49(35)29(4)51)38(53)44-33(39(54)46-34(25-50)40(55)47-36(37(42)52)28(3)60-61(57,58)59)23-31-24-43-26-48(31)20-14-9-7-5-6-8-11-16-30-17-12-10-13-18-30/h10,12-13,17-18,24,26-28,32-36,50H,5-9,11,14-16,19-23,25H2,1-4H3,(H2,42,52)(H,44,53)(H,45,56)(H,46,54)(H,47,55)(H2,57,58,59)/t28-,32+,33+,34+,35+,36+/m1/s1. The average Bonchev–Trinajstić information content (AvgIpc) is 3.87. The van der Waals surface area contributed by atoms with Gasteiger partial charge in [-0.25, -0.2) is 9.55 Å². The number of aryl methyl sites for hydroxylation is 2. The summed E-state index contributed by atoms with van der Waals surface area (Å²) in [4.78, 5) is 103. The van der Waals surface area contributed by atoms with Crippen LogP contribution in [0.15, 0.2) is 42.9 Å². The fraction of sp³-hybridized carbons (Fsp3) is 0.634. The van der Waals surface area contributed by atoms with Gasteiger partial charge in [0, 0.05) is 38.3 Å². The number of aromatic nitrogens is 2. The Morgan fingerprint density at radius 3 is 2.08 bits per heavy atom. The molecule has 0 bridgehead atoms. The van der Waals surface area contributed by atoms with E-state index in [0.29, 0.717) is 31.6 Å². The lowest BCUT2D eigenvalue weighted by molar-refractivity contribution is -0.139. The summed E-state index contributed by atoms with van der Waals surface area (Å²) in [7, 11) is -5.11. The first-order valence-corrected chi connectivity index (χ1v) is 22.6. The highest BCUT2D eigenvalue weighted by Gasteiger charge is 2.37. The molecule has 0 spiro atoms. The van der Waals surface area contributed by atoms with Crippen LogP contribution in [0.5, 0.6) is 0 Å². The number of carbonyl (C=O) groups excluding carboxylic acids is 6. The van der Waals surface area contributed by atoms with Crippen LogP contribution in [0.1, 0.15) is 103 Å². The van der Waals surface area contributed by atoms with Gasteiger partial charge >= 0.3 is 7.82 Å². The number of amides is 6. The van der Waals surface area contributed by atoms with E-state index in [0.717, 1.165) is 58.3 Å². The van der Waals surface area contributed by atoms with E-state index in [1.807, 2.05) is 24.5 Å². The monoisotopic (exact) mass is 876 g/mol. The first kappa shape index (κ1) is 50.7. The predicted octanol–water partition coefficient (Wildman–Crippen LogP) is 1.37. The summed E-state index contributed by atoms with van der Waals surface area (Å²) < 4.78 is 17.8. The molecule has 2 aromatic rings. The molecule has 19 nitrogen and oxygen atoms in total. The van der Waals surface area contributed by atoms with Gasteiger partial charge in [-0.1, -0.05) is 76.3 Å². The number of phosphoric ester groups is 1. The number of likely N-dealkylation sites (tertiary alicyclic amines) is 1. The van der Waals surface area contributed by atoms with Crippen LogP contribution in [0, 0.1) is 5.92 Å². The summed E-state index contributed by atoms with van der Waals surface area (Å²) in [6, 6.07) is 3.69. The van der Waals surface area contributed by atoms with Crippen molar-refractivity contribution in [3.63, 3.8) is 0 Å². The molecule has 0 saturated carbocycles. The molecule has 1 saturated heterocycles. The number of aliphatic hydroxyl groups is 1. The molecule has 1 aliphatic rings. The van der Waals surface area contributed by atoms with Crippen molar-refractivity contribution in [1.29, 1.82) is 0 Å². The second-order valence-electron chi connectivity index (χ2n) is 16.0. The number of aliphatic hydroxyl groups excluding tert-OH is 1. The molecule has 0 aliphatic carbocycles. The highest BCUT2D eigenvalue weighted by Crippen LogP contribution is 2.38. The maximum Gasteiger partial charge on any atom is 0.469 e. The number of nitrogens with zero attached hydrogens (tertiary/aromatic N) is 3. The Morgan fingerprint density at radius 2 is 1.48 bits per heavy atom. The minimum Gasteiger partial charge on any atom is -0.394 e. The van der Waals surface area contributed by atoms with Gasteiger partial charge in [0.25, 0.3) is 0 Å². The van der Waals surface area contributed by atoms with Gasteiger partial charge in [-0.3, -0.25) is 33.3 Å². The van der Waals surface area contributed by atoms with Crippen LogP contribution < -0.4 is 27.0 Å². The first-order valence-electron chi connectivity index (χ1n) is 21.1. The molecule has 0 unspecified atom stereocenters. The van der Waals surface area contributed by atoms with Gasteiger partial charge in [0.1, 0.15) is 30.2 Å². The number of rotatable bonds is 27. The molecular weight excluding hydrogens is 811 g/mol. The Balaban J connectivity index is 1.74. The van der Waals surface area contributed by atoms with Crippen molar-refractivity contribution < 1.29 is 52.7 Å². The Bertz CT molecular complexity index is 1790. The van der Waals surface area contributed by atoms with Crippen LogP contribution in [-0.4, -0.2) is 114 Å². The van der Waals surface area contributed by atoms with Gasteiger partial charge in [0.2, 0.25) is 35.4 Å². The fourth-order valence-corrected chi connectivity index (χ4v) is 7.91. The fourth-order valence-electron chi connectivity index (χ4n) is 7.35. The van der Waals surface area contributed by atoms with Gasteiger partial charge in [0.15, 0.2) is 0 Å². The van der Waals surface area contributed by atoms with Gasteiger partial charge in [-0.05, 0) is 56.9 Å². The second kappa shape index (κ2) is 25.3. The molecule has 340 valence electrons. The number of nitrogens with two attached hydrogens (primary N) is 1. The Morgan fingerprint density at radius 1 is 0.869 bits per heavy atom. The second-order valence-corrected chi connectivity index (χ2v) is 17.2. The Labute approximate surface area is 357 Å². The molecule has 2 heterocycles. The molecule has 1 fully saturated rings. The maximum absolute atomic E-state index is 14.0. The van der Waals surface area contributed by atoms with Crippen molar-refractivity contribution >= 4 is 43.3 Å². The molecule has 0 radical (unpaired) electrons. The maximum atomic E-state index is 14.0. The molecule has 61 heavy (non-hydrogen) atoms. The molecule has 1 aromatic heterocycles. The summed E-state index contributed by atoms with van der Waals surface area (Å²) in [5.41, 5.74) is 7.28. The van der Waals surface area contributed by atoms with E-state index in [2.05, 4.69) is 55.0 Å². The molecule has 6 atom stereocenters. The van der Waals surface area contributed by atoms with Crippen molar-refractivity contribution in [2.75, 3.05) is 13.2 Å². The molecule has 3 rings (SSSR count). The number of unbranched alkanes of at least 4 members (excludes halogenated alkanes) is 6. The SMILES string of the molecule is CC(=O)N1CCC[C@H]1C(=O)N[C@@H](CC(C)C)C(=O)N[C@@H](Cc1cncn1CCCCCCCCCc1ccccc1)C(=O)N[C@@H](CO)C(=O)N[C@H](C(N)=O)[C@@H](C)OP(=O)(O)O. The van der Waals surface area contributed by atoms with Gasteiger partial charge in [0.05, 0.1) is 19.0 Å². The van der Waals surface area contributed by atoms with Crippen LogP contribution in [0.25, 0.3) is 0 Å². The van der Waals surface area contributed by atoms with Crippen molar-refractivity contribution in [1.82, 2.24) is 35.7 Å².